The predicted octanol–water partition coefficient (Wildman–Crippen LogP) is 2.74. The molecule has 0 spiro atoms. The van der Waals surface area contributed by atoms with E-state index in [0.29, 0.717) is 34.2 Å². The Morgan fingerprint density at radius 3 is 2.73 bits per heavy atom. The van der Waals surface area contributed by atoms with Crippen LogP contribution in [0.5, 0.6) is 0 Å². The van der Waals surface area contributed by atoms with E-state index in [4.69, 9.17) is 15.5 Å². The molecule has 30 heavy (non-hydrogen) atoms. The van der Waals surface area contributed by atoms with Gasteiger partial charge in [0.15, 0.2) is 0 Å². The largest absolute Gasteiger partial charge is 0.462 e. The number of halogens is 1. The number of pyridine rings is 2. The van der Waals surface area contributed by atoms with Crippen LogP contribution in [-0.2, 0) is 4.74 Å². The van der Waals surface area contributed by atoms with Crippen molar-refractivity contribution in [1.82, 2.24) is 9.55 Å². The fourth-order valence-corrected chi connectivity index (χ4v) is 4.10. The number of fused-ring (bicyclic) bond motifs is 2. The molecule has 2 aromatic heterocycles. The van der Waals surface area contributed by atoms with Crippen LogP contribution in [0.1, 0.15) is 43.1 Å². The highest BCUT2D eigenvalue weighted by Crippen LogP contribution is 2.38. The van der Waals surface area contributed by atoms with Gasteiger partial charge in [0.25, 0.3) is 0 Å². The summed E-state index contributed by atoms with van der Waals surface area (Å²) in [6.07, 6.45) is 3.47. The standard InChI is InChI=1S/C22H23FN4O3/c1-3-30-22(29)15-9-27(13-4-5-13)21-14(20(15)28)6-12-7-16(23)19(8-18(12)25-21)26-10-17(24)11(26)2/h6-9,11,13,17H,3-5,10,24H2,1-2H3. The second kappa shape index (κ2) is 6.77. The fourth-order valence-electron chi connectivity index (χ4n) is 4.10. The Hall–Kier alpha value is -3.00. The molecule has 8 heteroatoms. The van der Waals surface area contributed by atoms with Crippen LogP contribution >= 0.6 is 0 Å². The maximum Gasteiger partial charge on any atom is 0.343 e. The van der Waals surface area contributed by atoms with Crippen molar-refractivity contribution in [2.24, 2.45) is 5.73 Å². The van der Waals surface area contributed by atoms with E-state index < -0.39 is 11.4 Å². The minimum Gasteiger partial charge on any atom is -0.462 e. The summed E-state index contributed by atoms with van der Waals surface area (Å²) in [6.45, 7) is 4.43. The number of nitrogens with two attached hydrogens (primary N) is 1. The van der Waals surface area contributed by atoms with Gasteiger partial charge in [-0.25, -0.2) is 14.2 Å². The third-order valence-corrected chi connectivity index (χ3v) is 6.13. The van der Waals surface area contributed by atoms with E-state index in [1.54, 1.807) is 25.3 Å². The van der Waals surface area contributed by atoms with Gasteiger partial charge in [-0.05, 0) is 44.9 Å². The average Bonchev–Trinajstić information content (AvgIpc) is 3.56. The molecule has 3 heterocycles. The van der Waals surface area contributed by atoms with Gasteiger partial charge in [-0.2, -0.15) is 0 Å². The summed E-state index contributed by atoms with van der Waals surface area (Å²) in [5, 5.41) is 0.813. The summed E-state index contributed by atoms with van der Waals surface area (Å²) < 4.78 is 21.8. The molecule has 3 aromatic rings. The summed E-state index contributed by atoms with van der Waals surface area (Å²) in [5.74, 6) is -1.03. The number of benzene rings is 1. The van der Waals surface area contributed by atoms with Gasteiger partial charge in [0.1, 0.15) is 17.0 Å². The molecule has 0 radical (unpaired) electrons. The van der Waals surface area contributed by atoms with Gasteiger partial charge in [0.05, 0.1) is 23.2 Å². The minimum atomic E-state index is -0.650. The molecule has 7 nitrogen and oxygen atoms in total. The molecule has 2 fully saturated rings. The Balaban J connectivity index is 1.72. The second-order valence-electron chi connectivity index (χ2n) is 8.14. The molecule has 1 saturated heterocycles. The van der Waals surface area contributed by atoms with E-state index >= 15 is 0 Å². The van der Waals surface area contributed by atoms with Crippen LogP contribution in [0, 0.1) is 5.82 Å². The number of hydrogen-bond donors (Lipinski definition) is 1. The van der Waals surface area contributed by atoms with E-state index in [9.17, 15) is 14.0 Å². The molecule has 1 aliphatic heterocycles. The molecule has 156 valence electrons. The zero-order valence-corrected chi connectivity index (χ0v) is 16.9. The van der Waals surface area contributed by atoms with Crippen LogP contribution in [-0.4, -0.2) is 40.8 Å². The minimum absolute atomic E-state index is 0.0158. The molecule has 5 rings (SSSR count). The Morgan fingerprint density at radius 2 is 2.10 bits per heavy atom. The molecule has 1 saturated carbocycles. The van der Waals surface area contributed by atoms with Crippen molar-refractivity contribution < 1.29 is 13.9 Å². The van der Waals surface area contributed by atoms with Gasteiger partial charge >= 0.3 is 5.97 Å². The molecule has 0 amide bonds. The molecule has 2 N–H and O–H groups in total. The molecule has 2 atom stereocenters. The fraction of sp³-hybridized carbons (Fsp3) is 0.409. The van der Waals surface area contributed by atoms with Gasteiger partial charge in [-0.3, -0.25) is 4.79 Å². The van der Waals surface area contributed by atoms with Crippen molar-refractivity contribution in [2.75, 3.05) is 18.1 Å². The highest BCUT2D eigenvalue weighted by Gasteiger charge is 2.34. The smallest absolute Gasteiger partial charge is 0.343 e. The number of carbonyl (C=O) groups is 1. The Bertz CT molecular complexity index is 1250. The molecule has 1 aromatic carbocycles. The van der Waals surface area contributed by atoms with Crippen LogP contribution in [0.2, 0.25) is 0 Å². The van der Waals surface area contributed by atoms with E-state index in [2.05, 4.69) is 0 Å². The SMILES string of the molecule is CCOC(=O)c1cn(C2CC2)c2nc3cc(N4CC(N)C4C)c(F)cc3cc2c1=O. The average molecular weight is 410 g/mol. The highest BCUT2D eigenvalue weighted by molar-refractivity contribution is 5.97. The lowest BCUT2D eigenvalue weighted by atomic mass is 9.97. The second-order valence-corrected chi connectivity index (χ2v) is 8.14. The number of rotatable bonds is 4. The van der Waals surface area contributed by atoms with Crippen molar-refractivity contribution in [1.29, 1.82) is 0 Å². The maximum absolute atomic E-state index is 14.8. The summed E-state index contributed by atoms with van der Waals surface area (Å²) in [4.78, 5) is 32.0. The van der Waals surface area contributed by atoms with Gasteiger partial charge in [-0.15, -0.1) is 0 Å². The van der Waals surface area contributed by atoms with Gasteiger partial charge in [-0.1, -0.05) is 0 Å². The Morgan fingerprint density at radius 1 is 1.33 bits per heavy atom. The Kier molecular flexibility index (Phi) is 4.28. The van der Waals surface area contributed by atoms with Crippen molar-refractivity contribution >= 4 is 33.6 Å². The molecule has 2 aliphatic rings. The first-order valence-corrected chi connectivity index (χ1v) is 10.3. The molecular weight excluding hydrogens is 387 g/mol. The van der Waals surface area contributed by atoms with Gasteiger partial charge < -0.3 is 19.9 Å². The first-order valence-electron chi connectivity index (χ1n) is 10.3. The summed E-state index contributed by atoms with van der Waals surface area (Å²) in [7, 11) is 0. The third-order valence-electron chi connectivity index (χ3n) is 6.13. The van der Waals surface area contributed by atoms with Crippen molar-refractivity contribution in [2.45, 2.75) is 44.8 Å². The van der Waals surface area contributed by atoms with E-state index in [1.807, 2.05) is 16.4 Å². The van der Waals surface area contributed by atoms with Crippen LogP contribution in [0.25, 0.3) is 21.9 Å². The number of anilines is 1. The van der Waals surface area contributed by atoms with Crippen LogP contribution in [0.3, 0.4) is 0 Å². The van der Waals surface area contributed by atoms with Crippen molar-refractivity contribution in [3.05, 3.63) is 46.0 Å². The topological polar surface area (TPSA) is 90.5 Å². The molecular formula is C22H23FN4O3. The van der Waals surface area contributed by atoms with Crippen LogP contribution in [0.4, 0.5) is 10.1 Å². The first-order chi connectivity index (χ1) is 14.4. The lowest BCUT2D eigenvalue weighted by Gasteiger charge is -2.46. The summed E-state index contributed by atoms with van der Waals surface area (Å²) in [6, 6.07) is 5.00. The van der Waals surface area contributed by atoms with Crippen molar-refractivity contribution in [3.63, 3.8) is 0 Å². The molecule has 1 aliphatic carbocycles. The van der Waals surface area contributed by atoms with Gasteiger partial charge in [0.2, 0.25) is 5.43 Å². The monoisotopic (exact) mass is 410 g/mol. The predicted molar refractivity (Wildman–Crippen MR) is 112 cm³/mol. The zero-order chi connectivity index (χ0) is 21.2. The lowest BCUT2D eigenvalue weighted by Crippen LogP contribution is -2.63. The Labute approximate surface area is 172 Å². The number of esters is 1. The molecule has 2 unspecified atom stereocenters. The van der Waals surface area contributed by atoms with Crippen LogP contribution in [0.15, 0.2) is 29.2 Å². The molecule has 0 bridgehead atoms. The quantitative estimate of drug-likeness (QED) is 0.525. The number of nitrogens with zero attached hydrogens (tertiary/aromatic N) is 3. The number of carbonyl (C=O) groups excluding carboxylic acids is 1. The zero-order valence-electron chi connectivity index (χ0n) is 16.9. The number of ether oxygens (including phenoxy) is 1. The number of aromatic nitrogens is 2. The summed E-state index contributed by atoms with van der Waals surface area (Å²) in [5.41, 5.74) is 7.08. The third kappa shape index (κ3) is 2.86. The van der Waals surface area contributed by atoms with Crippen molar-refractivity contribution in [3.8, 4) is 0 Å². The normalized spacial score (nSPS) is 21.1. The van der Waals surface area contributed by atoms with Crippen LogP contribution < -0.4 is 16.1 Å². The van der Waals surface area contributed by atoms with Gasteiger partial charge in [0, 0.05) is 36.3 Å². The number of hydrogen-bond acceptors (Lipinski definition) is 6. The summed E-state index contributed by atoms with van der Waals surface area (Å²) >= 11 is 0. The lowest BCUT2D eigenvalue weighted by molar-refractivity contribution is 0.0524. The van der Waals surface area contributed by atoms with E-state index in [-0.39, 0.29) is 36.1 Å². The maximum atomic E-state index is 14.8. The van der Waals surface area contributed by atoms with E-state index in [1.165, 1.54) is 6.07 Å². The highest BCUT2D eigenvalue weighted by atomic mass is 19.1. The first kappa shape index (κ1) is 19.0. The van der Waals surface area contributed by atoms with E-state index in [0.717, 1.165) is 12.8 Å².